The van der Waals surface area contributed by atoms with E-state index in [4.69, 9.17) is 20.4 Å². The number of benzene rings is 1. The fourth-order valence-electron chi connectivity index (χ4n) is 4.30. The second kappa shape index (κ2) is 7.57. The number of H-pyrrole nitrogens is 1. The molecule has 1 unspecified atom stereocenters. The molecule has 0 amide bonds. The van der Waals surface area contributed by atoms with Crippen LogP contribution in [0.5, 0.6) is 5.75 Å². The highest BCUT2D eigenvalue weighted by molar-refractivity contribution is 8.13. The zero-order chi connectivity index (χ0) is 20.8. The van der Waals surface area contributed by atoms with E-state index in [1.54, 1.807) is 0 Å². The van der Waals surface area contributed by atoms with Crippen molar-refractivity contribution in [1.29, 1.82) is 0 Å². The number of halogens is 1. The van der Waals surface area contributed by atoms with E-state index in [0.717, 1.165) is 18.6 Å². The van der Waals surface area contributed by atoms with Crippen molar-refractivity contribution in [1.82, 2.24) is 9.97 Å². The van der Waals surface area contributed by atoms with Crippen LogP contribution in [0, 0.1) is 5.92 Å². The van der Waals surface area contributed by atoms with Gasteiger partial charge in [0.1, 0.15) is 11.6 Å². The Hall–Kier alpha value is -2.19. The number of nitrogens with one attached hydrogen (secondary N) is 1. The second-order valence-electron chi connectivity index (χ2n) is 7.53. The molecular weight excluding hydrogens is 414 g/mol. The molecule has 7 nitrogen and oxygen atoms in total. The number of hydrogen-bond donors (Lipinski definition) is 1. The van der Waals surface area contributed by atoms with Crippen LogP contribution in [0.1, 0.15) is 56.3 Å². The van der Waals surface area contributed by atoms with Gasteiger partial charge in [-0.25, -0.2) is 13.4 Å². The first-order valence-electron chi connectivity index (χ1n) is 9.61. The molecule has 1 aromatic carbocycles. The minimum absolute atomic E-state index is 0.0848. The zero-order valence-corrected chi connectivity index (χ0v) is 17.8. The van der Waals surface area contributed by atoms with Crippen molar-refractivity contribution in [2.75, 3.05) is 7.11 Å². The summed E-state index contributed by atoms with van der Waals surface area (Å²) >= 11 is 0. The standard InChI is InChI=1S/C20H22ClN3O4S/c1-11-17-16(18(22-11)12-6-4-3-5-7-12)20(25)24-19(23-17)14-9-8-13(29(21,26)27)10-15(14)28-2/h8-10,12,18H,3-7H2,1-2H3,(H,23,24,25). The van der Waals surface area contributed by atoms with Crippen LogP contribution in [-0.2, 0) is 9.05 Å². The molecule has 2 aromatic rings. The van der Waals surface area contributed by atoms with E-state index in [-0.39, 0.29) is 22.2 Å². The molecular formula is C20H22ClN3O4S. The topological polar surface area (TPSA) is 101 Å². The van der Waals surface area contributed by atoms with E-state index in [9.17, 15) is 13.2 Å². The molecule has 4 rings (SSSR count). The van der Waals surface area contributed by atoms with Gasteiger partial charge in [-0.1, -0.05) is 19.3 Å². The van der Waals surface area contributed by atoms with Gasteiger partial charge in [0.05, 0.1) is 40.6 Å². The van der Waals surface area contributed by atoms with Crippen LogP contribution in [0.4, 0.5) is 0 Å². The maximum absolute atomic E-state index is 13.0. The van der Waals surface area contributed by atoms with Gasteiger partial charge in [-0.05, 0) is 37.8 Å². The van der Waals surface area contributed by atoms with Gasteiger partial charge in [-0.3, -0.25) is 9.79 Å². The van der Waals surface area contributed by atoms with Crippen molar-refractivity contribution in [3.63, 3.8) is 0 Å². The van der Waals surface area contributed by atoms with Gasteiger partial charge in [0.15, 0.2) is 0 Å². The highest BCUT2D eigenvalue weighted by atomic mass is 35.7. The van der Waals surface area contributed by atoms with Gasteiger partial charge in [-0.15, -0.1) is 0 Å². The molecule has 154 valence electrons. The Kier molecular flexibility index (Phi) is 5.25. The van der Waals surface area contributed by atoms with E-state index in [1.165, 1.54) is 44.6 Å². The largest absolute Gasteiger partial charge is 0.496 e. The van der Waals surface area contributed by atoms with Crippen LogP contribution in [0.25, 0.3) is 11.4 Å². The van der Waals surface area contributed by atoms with E-state index >= 15 is 0 Å². The molecule has 0 spiro atoms. The number of hydrogen-bond acceptors (Lipinski definition) is 6. The second-order valence-corrected chi connectivity index (χ2v) is 10.1. The molecule has 1 fully saturated rings. The molecule has 9 heteroatoms. The molecule has 0 saturated heterocycles. The SMILES string of the molecule is COc1cc(S(=O)(=O)Cl)ccc1-c1nc2c(c(=O)[nH]1)C(C1CCCCC1)N=C2C. The number of aromatic nitrogens is 2. The Morgan fingerprint density at radius 2 is 1.93 bits per heavy atom. The predicted molar refractivity (Wildman–Crippen MR) is 111 cm³/mol. The summed E-state index contributed by atoms with van der Waals surface area (Å²) < 4.78 is 28.5. The number of rotatable bonds is 4. The summed E-state index contributed by atoms with van der Waals surface area (Å²) in [6.07, 6.45) is 5.72. The monoisotopic (exact) mass is 435 g/mol. The quantitative estimate of drug-likeness (QED) is 0.735. The van der Waals surface area contributed by atoms with Crippen LogP contribution in [-0.4, -0.2) is 31.2 Å². The number of nitrogens with zero attached hydrogens (tertiary/aromatic N) is 2. The van der Waals surface area contributed by atoms with Gasteiger partial charge in [-0.2, -0.15) is 0 Å². The Labute approximate surface area is 173 Å². The van der Waals surface area contributed by atoms with E-state index in [1.807, 2.05) is 6.92 Å². The number of fused-ring (bicyclic) bond motifs is 1. The lowest BCUT2D eigenvalue weighted by Crippen LogP contribution is -2.23. The normalized spacial score (nSPS) is 19.7. The molecule has 2 aliphatic rings. The Balaban J connectivity index is 1.79. The summed E-state index contributed by atoms with van der Waals surface area (Å²) in [5.74, 6) is 0.936. The molecule has 1 N–H and O–H groups in total. The van der Waals surface area contributed by atoms with E-state index in [2.05, 4.69) is 9.97 Å². The molecule has 1 aliphatic heterocycles. The van der Waals surface area contributed by atoms with Gasteiger partial charge >= 0.3 is 0 Å². The average Bonchev–Trinajstić information content (AvgIpc) is 3.04. The lowest BCUT2D eigenvalue weighted by atomic mass is 9.82. The van der Waals surface area contributed by atoms with Crippen molar-refractivity contribution >= 4 is 25.4 Å². The first-order valence-corrected chi connectivity index (χ1v) is 11.9. The highest BCUT2D eigenvalue weighted by Crippen LogP contribution is 2.40. The van der Waals surface area contributed by atoms with Gasteiger partial charge < -0.3 is 9.72 Å². The number of ether oxygens (including phenoxy) is 1. The first-order chi connectivity index (χ1) is 13.8. The summed E-state index contributed by atoms with van der Waals surface area (Å²) in [7, 11) is 2.94. The molecule has 2 heterocycles. The maximum Gasteiger partial charge on any atom is 0.261 e. The van der Waals surface area contributed by atoms with Crippen molar-refractivity contribution in [3.8, 4) is 17.1 Å². The van der Waals surface area contributed by atoms with Crippen LogP contribution < -0.4 is 10.3 Å². The lowest BCUT2D eigenvalue weighted by Gasteiger charge is -2.25. The molecule has 1 aromatic heterocycles. The Bertz CT molecular complexity index is 1150. The number of methoxy groups -OCH3 is 1. The highest BCUT2D eigenvalue weighted by Gasteiger charge is 2.35. The van der Waals surface area contributed by atoms with E-state index < -0.39 is 9.05 Å². The Morgan fingerprint density at radius 1 is 1.21 bits per heavy atom. The third-order valence-electron chi connectivity index (χ3n) is 5.73. The van der Waals surface area contributed by atoms with Gasteiger partial charge in [0, 0.05) is 16.7 Å². The number of aromatic amines is 1. The minimum Gasteiger partial charge on any atom is -0.496 e. The molecule has 0 radical (unpaired) electrons. The zero-order valence-electron chi connectivity index (χ0n) is 16.2. The van der Waals surface area contributed by atoms with Gasteiger partial charge in [0.25, 0.3) is 14.6 Å². The minimum atomic E-state index is -3.90. The van der Waals surface area contributed by atoms with Crippen molar-refractivity contribution in [2.45, 2.75) is 50.0 Å². The fourth-order valence-corrected chi connectivity index (χ4v) is 5.07. The van der Waals surface area contributed by atoms with Crippen LogP contribution in [0.2, 0.25) is 0 Å². The van der Waals surface area contributed by atoms with Crippen molar-refractivity contribution in [3.05, 3.63) is 39.8 Å². The van der Waals surface area contributed by atoms with Gasteiger partial charge in [0.2, 0.25) is 0 Å². The predicted octanol–water partition coefficient (Wildman–Crippen LogP) is 3.82. The molecule has 0 bridgehead atoms. The fraction of sp³-hybridized carbons (Fsp3) is 0.450. The Morgan fingerprint density at radius 3 is 2.59 bits per heavy atom. The first kappa shape index (κ1) is 20.1. The third-order valence-corrected chi connectivity index (χ3v) is 7.08. The molecule has 1 saturated carbocycles. The summed E-state index contributed by atoms with van der Waals surface area (Å²) in [6.45, 7) is 1.87. The summed E-state index contributed by atoms with van der Waals surface area (Å²) in [6, 6.07) is 4.07. The smallest absolute Gasteiger partial charge is 0.261 e. The average molecular weight is 436 g/mol. The lowest BCUT2D eigenvalue weighted by molar-refractivity contribution is 0.310. The van der Waals surface area contributed by atoms with Crippen molar-refractivity contribution in [2.24, 2.45) is 10.9 Å². The molecule has 1 aliphatic carbocycles. The van der Waals surface area contributed by atoms with Crippen LogP contribution >= 0.6 is 10.7 Å². The van der Waals surface area contributed by atoms with E-state index in [0.29, 0.717) is 28.6 Å². The van der Waals surface area contributed by atoms with Crippen molar-refractivity contribution < 1.29 is 13.2 Å². The molecule has 29 heavy (non-hydrogen) atoms. The van der Waals surface area contributed by atoms with Crippen LogP contribution in [0.15, 0.2) is 32.9 Å². The number of aliphatic imine (C=N–C) groups is 1. The summed E-state index contributed by atoms with van der Waals surface area (Å²) in [5, 5.41) is 0. The summed E-state index contributed by atoms with van der Waals surface area (Å²) in [5.41, 5.74) is 2.26. The van der Waals surface area contributed by atoms with Crippen LogP contribution in [0.3, 0.4) is 0 Å². The molecule has 1 atom stereocenters. The summed E-state index contributed by atoms with van der Waals surface area (Å²) in [4.78, 5) is 25.2. The third kappa shape index (κ3) is 3.71. The maximum atomic E-state index is 13.0.